The standard InChI is InChI=1S/C15H24N4/c1-3-4-10-19(11-9-16)12-14-13-7-5-6-8-15(13)18(2)17-14/h5-8H,3-4,9-12,16H2,1-2H3. The van der Waals surface area contributed by atoms with Crippen LogP contribution in [0.5, 0.6) is 0 Å². The van der Waals surface area contributed by atoms with E-state index in [1.165, 1.54) is 23.7 Å². The summed E-state index contributed by atoms with van der Waals surface area (Å²) in [5.74, 6) is 0. The molecular formula is C15H24N4. The van der Waals surface area contributed by atoms with Gasteiger partial charge in [0.1, 0.15) is 0 Å². The number of benzene rings is 1. The predicted molar refractivity (Wildman–Crippen MR) is 80.0 cm³/mol. The van der Waals surface area contributed by atoms with Crippen molar-refractivity contribution < 1.29 is 0 Å². The van der Waals surface area contributed by atoms with Crippen molar-refractivity contribution in [3.63, 3.8) is 0 Å². The summed E-state index contributed by atoms with van der Waals surface area (Å²) in [6.45, 7) is 5.84. The molecule has 19 heavy (non-hydrogen) atoms. The van der Waals surface area contributed by atoms with Gasteiger partial charge in [-0.3, -0.25) is 9.58 Å². The van der Waals surface area contributed by atoms with Gasteiger partial charge >= 0.3 is 0 Å². The minimum atomic E-state index is 0.703. The molecule has 2 aromatic rings. The Morgan fingerprint density at radius 3 is 2.79 bits per heavy atom. The van der Waals surface area contributed by atoms with Gasteiger partial charge in [-0.25, -0.2) is 0 Å². The summed E-state index contributed by atoms with van der Waals surface area (Å²) < 4.78 is 1.96. The maximum absolute atomic E-state index is 5.71. The van der Waals surface area contributed by atoms with Gasteiger partial charge in [0, 0.05) is 32.1 Å². The minimum absolute atomic E-state index is 0.703. The van der Waals surface area contributed by atoms with E-state index < -0.39 is 0 Å². The zero-order valence-electron chi connectivity index (χ0n) is 12.0. The van der Waals surface area contributed by atoms with Crippen LogP contribution in [0.1, 0.15) is 25.5 Å². The lowest BCUT2D eigenvalue weighted by Crippen LogP contribution is -2.30. The molecule has 0 spiro atoms. The third kappa shape index (κ3) is 3.33. The van der Waals surface area contributed by atoms with Gasteiger partial charge in [-0.2, -0.15) is 5.10 Å². The molecule has 1 heterocycles. The number of hydrogen-bond acceptors (Lipinski definition) is 3. The Balaban J connectivity index is 2.18. The van der Waals surface area contributed by atoms with Gasteiger partial charge in [0.15, 0.2) is 0 Å². The molecule has 0 radical (unpaired) electrons. The molecule has 0 saturated heterocycles. The molecule has 0 atom stereocenters. The maximum Gasteiger partial charge on any atom is 0.0843 e. The van der Waals surface area contributed by atoms with E-state index in [0.29, 0.717) is 6.54 Å². The van der Waals surface area contributed by atoms with E-state index in [9.17, 15) is 0 Å². The first-order valence-corrected chi connectivity index (χ1v) is 7.09. The number of aromatic nitrogens is 2. The van der Waals surface area contributed by atoms with Crippen molar-refractivity contribution in [2.24, 2.45) is 12.8 Å². The molecule has 0 amide bonds. The van der Waals surface area contributed by atoms with Gasteiger partial charge in [0.2, 0.25) is 0 Å². The Hall–Kier alpha value is -1.39. The SMILES string of the molecule is CCCCN(CCN)Cc1nn(C)c2ccccc12. The number of rotatable bonds is 7. The van der Waals surface area contributed by atoms with Crippen molar-refractivity contribution in [2.75, 3.05) is 19.6 Å². The molecule has 0 aliphatic rings. The molecule has 1 aromatic heterocycles. The zero-order valence-corrected chi connectivity index (χ0v) is 12.0. The summed E-state index contributed by atoms with van der Waals surface area (Å²) in [4.78, 5) is 2.40. The average molecular weight is 260 g/mol. The van der Waals surface area contributed by atoms with E-state index in [1.54, 1.807) is 0 Å². The average Bonchev–Trinajstić information content (AvgIpc) is 2.74. The van der Waals surface area contributed by atoms with Crippen LogP contribution in [0.25, 0.3) is 10.9 Å². The van der Waals surface area contributed by atoms with E-state index in [1.807, 2.05) is 11.7 Å². The number of nitrogens with zero attached hydrogens (tertiary/aromatic N) is 3. The second-order valence-corrected chi connectivity index (χ2v) is 5.01. The van der Waals surface area contributed by atoms with Crippen molar-refractivity contribution in [3.05, 3.63) is 30.0 Å². The van der Waals surface area contributed by atoms with Crippen molar-refractivity contribution in [2.45, 2.75) is 26.3 Å². The van der Waals surface area contributed by atoms with Crippen LogP contribution in [-0.4, -0.2) is 34.3 Å². The summed E-state index contributed by atoms with van der Waals surface area (Å²) in [5.41, 5.74) is 8.06. The van der Waals surface area contributed by atoms with E-state index in [4.69, 9.17) is 5.73 Å². The van der Waals surface area contributed by atoms with Crippen LogP contribution in [0.2, 0.25) is 0 Å². The molecule has 4 heteroatoms. The summed E-state index contributed by atoms with van der Waals surface area (Å²) in [5, 5.41) is 5.91. The molecular weight excluding hydrogens is 236 g/mol. The van der Waals surface area contributed by atoms with Crippen LogP contribution in [-0.2, 0) is 13.6 Å². The molecule has 0 aliphatic heterocycles. The normalized spacial score (nSPS) is 11.6. The molecule has 2 N–H and O–H groups in total. The fraction of sp³-hybridized carbons (Fsp3) is 0.533. The number of aryl methyl sites for hydroxylation is 1. The van der Waals surface area contributed by atoms with Crippen LogP contribution in [0.15, 0.2) is 24.3 Å². The van der Waals surface area contributed by atoms with Gasteiger partial charge in [0.05, 0.1) is 11.2 Å². The quantitative estimate of drug-likeness (QED) is 0.829. The second-order valence-electron chi connectivity index (χ2n) is 5.01. The highest BCUT2D eigenvalue weighted by molar-refractivity contribution is 5.81. The molecule has 2 rings (SSSR count). The monoisotopic (exact) mass is 260 g/mol. The Kier molecular flexibility index (Phi) is 4.93. The fourth-order valence-corrected chi connectivity index (χ4v) is 2.45. The molecule has 0 bridgehead atoms. The first-order valence-electron chi connectivity index (χ1n) is 7.09. The number of unbranched alkanes of at least 4 members (excludes halogenated alkanes) is 1. The molecule has 0 unspecified atom stereocenters. The Morgan fingerprint density at radius 1 is 1.26 bits per heavy atom. The first-order chi connectivity index (χ1) is 9.26. The topological polar surface area (TPSA) is 47.1 Å². The van der Waals surface area contributed by atoms with Gasteiger partial charge in [0.25, 0.3) is 0 Å². The Labute approximate surface area is 115 Å². The minimum Gasteiger partial charge on any atom is -0.329 e. The van der Waals surface area contributed by atoms with E-state index in [0.717, 1.165) is 25.3 Å². The van der Waals surface area contributed by atoms with Gasteiger partial charge in [-0.15, -0.1) is 0 Å². The van der Waals surface area contributed by atoms with E-state index >= 15 is 0 Å². The van der Waals surface area contributed by atoms with Gasteiger partial charge in [-0.1, -0.05) is 31.5 Å². The largest absolute Gasteiger partial charge is 0.329 e. The fourth-order valence-electron chi connectivity index (χ4n) is 2.45. The molecule has 0 aliphatic carbocycles. The third-order valence-corrected chi connectivity index (χ3v) is 3.48. The highest BCUT2D eigenvalue weighted by atomic mass is 15.3. The van der Waals surface area contributed by atoms with Crippen molar-refractivity contribution >= 4 is 10.9 Å². The predicted octanol–water partition coefficient (Wildman–Crippen LogP) is 2.13. The van der Waals surface area contributed by atoms with E-state index in [2.05, 4.69) is 41.2 Å². The van der Waals surface area contributed by atoms with Crippen LogP contribution in [0.3, 0.4) is 0 Å². The summed E-state index contributed by atoms with van der Waals surface area (Å²) in [6, 6.07) is 8.40. The number of para-hydroxylation sites is 1. The van der Waals surface area contributed by atoms with Gasteiger partial charge in [-0.05, 0) is 19.0 Å². The molecule has 104 valence electrons. The number of hydrogen-bond donors (Lipinski definition) is 1. The van der Waals surface area contributed by atoms with Gasteiger partial charge < -0.3 is 5.73 Å². The van der Waals surface area contributed by atoms with Crippen molar-refractivity contribution in [1.82, 2.24) is 14.7 Å². The summed E-state index contributed by atoms with van der Waals surface area (Å²) in [6.07, 6.45) is 2.43. The Morgan fingerprint density at radius 2 is 2.05 bits per heavy atom. The zero-order chi connectivity index (χ0) is 13.7. The van der Waals surface area contributed by atoms with Crippen molar-refractivity contribution in [3.8, 4) is 0 Å². The lowest BCUT2D eigenvalue weighted by atomic mass is 10.2. The first kappa shape index (κ1) is 14.0. The molecule has 1 aromatic carbocycles. The maximum atomic E-state index is 5.71. The molecule has 0 saturated carbocycles. The summed E-state index contributed by atoms with van der Waals surface area (Å²) >= 11 is 0. The van der Waals surface area contributed by atoms with Crippen LogP contribution < -0.4 is 5.73 Å². The number of nitrogens with two attached hydrogens (primary N) is 1. The Bertz CT molecular complexity index is 518. The lowest BCUT2D eigenvalue weighted by molar-refractivity contribution is 0.265. The van der Waals surface area contributed by atoms with Crippen LogP contribution in [0.4, 0.5) is 0 Å². The molecule has 0 fully saturated rings. The summed E-state index contributed by atoms with van der Waals surface area (Å²) in [7, 11) is 2.01. The van der Waals surface area contributed by atoms with Crippen LogP contribution >= 0.6 is 0 Å². The smallest absolute Gasteiger partial charge is 0.0843 e. The highest BCUT2D eigenvalue weighted by Crippen LogP contribution is 2.18. The number of fused-ring (bicyclic) bond motifs is 1. The van der Waals surface area contributed by atoms with Crippen molar-refractivity contribution in [1.29, 1.82) is 0 Å². The van der Waals surface area contributed by atoms with Crippen LogP contribution in [0, 0.1) is 0 Å². The highest BCUT2D eigenvalue weighted by Gasteiger charge is 2.11. The third-order valence-electron chi connectivity index (χ3n) is 3.48. The van der Waals surface area contributed by atoms with E-state index in [-0.39, 0.29) is 0 Å². The molecule has 4 nitrogen and oxygen atoms in total. The lowest BCUT2D eigenvalue weighted by Gasteiger charge is -2.20. The second kappa shape index (κ2) is 6.68.